The lowest BCUT2D eigenvalue weighted by Gasteiger charge is -2.23. The lowest BCUT2D eigenvalue weighted by atomic mass is 9.89. The second kappa shape index (κ2) is 6.50. The number of hydrogen-bond donors (Lipinski definition) is 0. The molecular formula is C18H26O3. The smallest absolute Gasteiger partial charge is 0.314 e. The van der Waals surface area contributed by atoms with E-state index in [0.717, 1.165) is 59.4 Å². The van der Waals surface area contributed by atoms with Crippen LogP contribution in [0.1, 0.15) is 54.4 Å². The monoisotopic (exact) mass is 290 g/mol. The highest BCUT2D eigenvalue weighted by Crippen LogP contribution is 2.38. The van der Waals surface area contributed by atoms with Crippen molar-refractivity contribution in [3.8, 4) is 11.5 Å². The third-order valence-electron chi connectivity index (χ3n) is 4.83. The molecule has 1 aliphatic rings. The first-order chi connectivity index (χ1) is 9.97. The molecule has 1 aliphatic carbocycles. The number of ether oxygens (including phenoxy) is 2. The zero-order valence-electron chi connectivity index (χ0n) is 13.8. The Balaban J connectivity index is 2.29. The van der Waals surface area contributed by atoms with Gasteiger partial charge in [0.1, 0.15) is 11.5 Å². The van der Waals surface area contributed by atoms with Crippen molar-refractivity contribution >= 4 is 5.97 Å². The summed E-state index contributed by atoms with van der Waals surface area (Å²) in [6.45, 7) is 8.01. The van der Waals surface area contributed by atoms with Crippen molar-refractivity contribution in [2.45, 2.75) is 59.8 Å². The Bertz CT molecular complexity index is 511. The molecule has 0 bridgehead atoms. The maximum absolute atomic E-state index is 12.4. The van der Waals surface area contributed by atoms with E-state index in [-0.39, 0.29) is 11.9 Å². The van der Waals surface area contributed by atoms with Gasteiger partial charge in [-0.2, -0.15) is 0 Å². The number of carbonyl (C=O) groups is 1. The van der Waals surface area contributed by atoms with E-state index < -0.39 is 0 Å². The SMILES string of the molecule is COc1c(C)c(C)c(OC(=O)C2CCCCC2)c(C)c1C. The van der Waals surface area contributed by atoms with Crippen LogP contribution >= 0.6 is 0 Å². The van der Waals surface area contributed by atoms with E-state index in [0.29, 0.717) is 0 Å². The van der Waals surface area contributed by atoms with Crippen molar-refractivity contribution in [1.29, 1.82) is 0 Å². The lowest BCUT2D eigenvalue weighted by molar-refractivity contribution is -0.140. The number of benzene rings is 1. The first kappa shape index (κ1) is 15.9. The van der Waals surface area contributed by atoms with Gasteiger partial charge in [0.2, 0.25) is 0 Å². The minimum atomic E-state index is -0.0649. The van der Waals surface area contributed by atoms with E-state index in [9.17, 15) is 4.79 Å². The van der Waals surface area contributed by atoms with E-state index in [1.807, 2.05) is 27.7 Å². The standard InChI is InChI=1S/C18H26O3/c1-11-13(3)17(14(4)12(2)16(11)20-5)21-18(19)15-9-7-6-8-10-15/h15H,6-10H2,1-5H3. The first-order valence-corrected chi connectivity index (χ1v) is 7.83. The van der Waals surface area contributed by atoms with Gasteiger partial charge in [0.25, 0.3) is 0 Å². The number of rotatable bonds is 3. The van der Waals surface area contributed by atoms with E-state index >= 15 is 0 Å². The number of methoxy groups -OCH3 is 1. The van der Waals surface area contributed by atoms with Gasteiger partial charge in [-0.05, 0) is 62.8 Å². The van der Waals surface area contributed by atoms with Gasteiger partial charge in [-0.15, -0.1) is 0 Å². The van der Waals surface area contributed by atoms with Crippen LogP contribution in [0.2, 0.25) is 0 Å². The molecule has 0 heterocycles. The Morgan fingerprint density at radius 3 is 1.81 bits per heavy atom. The van der Waals surface area contributed by atoms with Crippen LogP contribution in [0, 0.1) is 33.6 Å². The molecular weight excluding hydrogens is 264 g/mol. The summed E-state index contributed by atoms with van der Waals surface area (Å²) in [6.07, 6.45) is 5.44. The summed E-state index contributed by atoms with van der Waals surface area (Å²) in [6, 6.07) is 0. The Kier molecular flexibility index (Phi) is 4.92. The molecule has 0 atom stereocenters. The van der Waals surface area contributed by atoms with E-state index in [1.165, 1.54) is 6.42 Å². The molecule has 1 aromatic rings. The third-order valence-corrected chi connectivity index (χ3v) is 4.83. The summed E-state index contributed by atoms with van der Waals surface area (Å²) in [4.78, 5) is 12.4. The molecule has 116 valence electrons. The molecule has 0 saturated heterocycles. The Morgan fingerprint density at radius 1 is 0.857 bits per heavy atom. The minimum absolute atomic E-state index is 0.0649. The van der Waals surface area contributed by atoms with Crippen molar-refractivity contribution in [2.75, 3.05) is 7.11 Å². The molecule has 0 spiro atoms. The van der Waals surface area contributed by atoms with E-state index in [1.54, 1.807) is 7.11 Å². The quantitative estimate of drug-likeness (QED) is 0.611. The van der Waals surface area contributed by atoms with Gasteiger partial charge >= 0.3 is 5.97 Å². The van der Waals surface area contributed by atoms with Gasteiger partial charge < -0.3 is 9.47 Å². The molecule has 0 unspecified atom stereocenters. The minimum Gasteiger partial charge on any atom is -0.496 e. The second-order valence-corrected chi connectivity index (χ2v) is 6.12. The second-order valence-electron chi connectivity index (χ2n) is 6.12. The molecule has 0 N–H and O–H groups in total. The van der Waals surface area contributed by atoms with Gasteiger partial charge in [-0.25, -0.2) is 0 Å². The maximum atomic E-state index is 12.4. The van der Waals surface area contributed by atoms with Gasteiger partial charge in [0.05, 0.1) is 13.0 Å². The molecule has 0 radical (unpaired) electrons. The predicted octanol–water partition coefficient (Wildman–Crippen LogP) is 4.41. The normalized spacial score (nSPS) is 15.9. The number of carbonyl (C=O) groups excluding carboxylic acids is 1. The highest BCUT2D eigenvalue weighted by molar-refractivity contribution is 5.76. The highest BCUT2D eigenvalue weighted by Gasteiger charge is 2.25. The van der Waals surface area contributed by atoms with Crippen molar-refractivity contribution < 1.29 is 14.3 Å². The van der Waals surface area contributed by atoms with Gasteiger partial charge in [0.15, 0.2) is 0 Å². The Hall–Kier alpha value is -1.51. The van der Waals surface area contributed by atoms with Crippen LogP contribution in [0.3, 0.4) is 0 Å². The molecule has 3 heteroatoms. The molecule has 1 aromatic carbocycles. The fourth-order valence-corrected chi connectivity index (χ4v) is 3.23. The van der Waals surface area contributed by atoms with Crippen LogP contribution in [0.5, 0.6) is 11.5 Å². The van der Waals surface area contributed by atoms with Crippen LogP contribution in [0.4, 0.5) is 0 Å². The summed E-state index contributed by atoms with van der Waals surface area (Å²) in [5.41, 5.74) is 4.09. The topological polar surface area (TPSA) is 35.5 Å². The van der Waals surface area contributed by atoms with Crippen molar-refractivity contribution in [3.63, 3.8) is 0 Å². The van der Waals surface area contributed by atoms with Crippen LogP contribution in [-0.4, -0.2) is 13.1 Å². The summed E-state index contributed by atoms with van der Waals surface area (Å²) in [7, 11) is 1.68. The first-order valence-electron chi connectivity index (χ1n) is 7.83. The molecule has 1 saturated carbocycles. The average molecular weight is 290 g/mol. The summed E-state index contributed by atoms with van der Waals surface area (Å²) >= 11 is 0. The van der Waals surface area contributed by atoms with Crippen LogP contribution in [-0.2, 0) is 4.79 Å². The zero-order valence-corrected chi connectivity index (χ0v) is 13.8. The van der Waals surface area contributed by atoms with Gasteiger partial charge in [-0.1, -0.05) is 19.3 Å². The van der Waals surface area contributed by atoms with Gasteiger partial charge in [0, 0.05) is 0 Å². The number of esters is 1. The molecule has 21 heavy (non-hydrogen) atoms. The summed E-state index contributed by atoms with van der Waals surface area (Å²) in [5, 5.41) is 0. The molecule has 0 aliphatic heterocycles. The Morgan fingerprint density at radius 2 is 1.33 bits per heavy atom. The van der Waals surface area contributed by atoms with Crippen LogP contribution < -0.4 is 9.47 Å². The largest absolute Gasteiger partial charge is 0.496 e. The van der Waals surface area contributed by atoms with Gasteiger partial charge in [-0.3, -0.25) is 4.79 Å². The molecule has 3 nitrogen and oxygen atoms in total. The van der Waals surface area contributed by atoms with E-state index in [2.05, 4.69) is 0 Å². The summed E-state index contributed by atoms with van der Waals surface area (Å²) < 4.78 is 11.3. The Labute approximate surface area is 127 Å². The predicted molar refractivity (Wildman–Crippen MR) is 84.2 cm³/mol. The van der Waals surface area contributed by atoms with Crippen LogP contribution in [0.25, 0.3) is 0 Å². The maximum Gasteiger partial charge on any atom is 0.314 e. The molecule has 0 amide bonds. The van der Waals surface area contributed by atoms with Crippen LogP contribution in [0.15, 0.2) is 0 Å². The molecule has 0 aromatic heterocycles. The fraction of sp³-hybridized carbons (Fsp3) is 0.611. The van der Waals surface area contributed by atoms with E-state index in [4.69, 9.17) is 9.47 Å². The average Bonchev–Trinajstić information content (AvgIpc) is 2.51. The van der Waals surface area contributed by atoms with Crippen molar-refractivity contribution in [3.05, 3.63) is 22.3 Å². The third kappa shape index (κ3) is 3.07. The summed E-state index contributed by atoms with van der Waals surface area (Å²) in [5.74, 6) is 1.62. The molecule has 2 rings (SSSR count). The fourth-order valence-electron chi connectivity index (χ4n) is 3.23. The number of hydrogen-bond acceptors (Lipinski definition) is 3. The zero-order chi connectivity index (χ0) is 15.6. The van der Waals surface area contributed by atoms with Crippen molar-refractivity contribution in [2.24, 2.45) is 5.92 Å². The van der Waals surface area contributed by atoms with Crippen molar-refractivity contribution in [1.82, 2.24) is 0 Å². The lowest BCUT2D eigenvalue weighted by Crippen LogP contribution is -2.23. The highest BCUT2D eigenvalue weighted by atomic mass is 16.5. The molecule has 1 fully saturated rings.